The molecule has 1 N–H and O–H groups in total. The molecule has 2 aliphatic rings. The van der Waals surface area contributed by atoms with Crippen LogP contribution in [-0.4, -0.2) is 74.7 Å². The molecule has 1 fully saturated rings. The number of hydrogen-bond donors (Lipinski definition) is 1. The van der Waals surface area contributed by atoms with Crippen molar-refractivity contribution in [2.45, 2.75) is 32.9 Å². The zero-order chi connectivity index (χ0) is 39.2. The third-order valence-corrected chi connectivity index (χ3v) is 10.6. The second-order valence-electron chi connectivity index (χ2n) is 13.4. The largest absolute Gasteiger partial charge is 0.508 e. The van der Waals surface area contributed by atoms with Crippen LogP contribution in [0.2, 0.25) is 5.02 Å². The van der Waals surface area contributed by atoms with E-state index in [-0.39, 0.29) is 52.7 Å². The number of aromatic hydroxyl groups is 1. The molecule has 5 aromatic rings. The average molecular weight is 757 g/mol. The summed E-state index contributed by atoms with van der Waals surface area (Å²) in [6, 6.07) is 24.3. The van der Waals surface area contributed by atoms with Gasteiger partial charge >= 0.3 is 0 Å². The standard InChI is InChI=1S/C41H41ClN6O4.ClH/c1-26-36(41(51)48(31-10-12-34(49)13-11-31)38-21-32(23-43)44(3)27(38)2)22-39(45(26)4)37-20-30(42)9-14-35(37)40(50)47-24-29-8-6-5-7-28(29)19-33(47)25-46-15-17-52-18-16-46;/h5-14,20-22,33,49H,15-19,24-25H2,1-4H3;1H/t33-;/m0./s1/i3D3;. The highest BCUT2D eigenvalue weighted by Crippen LogP contribution is 2.37. The number of phenolic OH excluding ortho intramolecular Hbond substituents is 1. The SMILES string of the molecule is Cl.[2H]C([2H])([2H])n1c(C#N)cc(N(C(=O)c2cc(-c3cc(Cl)ccc3C(=O)N3Cc4ccccc4C[C@H]3CN3CCOCC3)n(C)c2C)c2ccc(O)cc2)c1C. The molecule has 0 spiro atoms. The van der Waals surface area contributed by atoms with Crippen molar-refractivity contribution in [1.82, 2.24) is 18.9 Å². The number of phenols is 1. The Morgan fingerprint density at radius 3 is 2.38 bits per heavy atom. The van der Waals surface area contributed by atoms with Crippen molar-refractivity contribution in [2.75, 3.05) is 37.7 Å². The molecule has 0 unspecified atom stereocenters. The van der Waals surface area contributed by atoms with E-state index in [0.29, 0.717) is 65.9 Å². The fourth-order valence-electron chi connectivity index (χ4n) is 7.30. The Bertz CT molecular complexity index is 2330. The molecular weight excluding hydrogens is 711 g/mol. The number of aromatic nitrogens is 2. The maximum Gasteiger partial charge on any atom is 0.264 e. The highest BCUT2D eigenvalue weighted by Gasteiger charge is 2.34. The molecule has 1 atom stereocenters. The highest BCUT2D eigenvalue weighted by atomic mass is 35.5. The van der Waals surface area contributed by atoms with E-state index in [1.54, 1.807) is 50.2 Å². The highest BCUT2D eigenvalue weighted by molar-refractivity contribution is 6.31. The van der Waals surface area contributed by atoms with E-state index in [9.17, 15) is 20.0 Å². The molecule has 4 heterocycles. The number of carbonyl (C=O) groups excluding carboxylic acids is 2. The maximum absolute atomic E-state index is 14.9. The Labute approximate surface area is 325 Å². The van der Waals surface area contributed by atoms with Gasteiger partial charge in [-0.15, -0.1) is 12.4 Å². The Kier molecular flexibility index (Phi) is 9.88. The summed E-state index contributed by atoms with van der Waals surface area (Å²) in [5.74, 6) is -0.678. The van der Waals surface area contributed by atoms with Gasteiger partial charge in [-0.25, -0.2) is 0 Å². The van der Waals surface area contributed by atoms with Crippen LogP contribution in [0.1, 0.15) is 53.0 Å². The predicted molar refractivity (Wildman–Crippen MR) is 208 cm³/mol. The van der Waals surface area contributed by atoms with Gasteiger partial charge in [-0.1, -0.05) is 35.9 Å². The van der Waals surface area contributed by atoms with Crippen LogP contribution in [0.5, 0.6) is 5.75 Å². The Hall–Kier alpha value is -5.05. The lowest BCUT2D eigenvalue weighted by Crippen LogP contribution is -2.52. The van der Waals surface area contributed by atoms with E-state index in [1.807, 2.05) is 34.7 Å². The lowest BCUT2D eigenvalue weighted by atomic mass is 9.92. The quantitative estimate of drug-likeness (QED) is 0.189. The summed E-state index contributed by atoms with van der Waals surface area (Å²) in [6.07, 6.45) is 0.716. The number of amides is 2. The Balaban J connectivity index is 0.00000532. The number of anilines is 2. The molecule has 0 radical (unpaired) electrons. The van der Waals surface area contributed by atoms with E-state index in [0.717, 1.165) is 23.2 Å². The summed E-state index contributed by atoms with van der Waals surface area (Å²) in [5.41, 5.74) is 5.35. The predicted octanol–water partition coefficient (Wildman–Crippen LogP) is 7.18. The first-order valence-electron chi connectivity index (χ1n) is 18.7. The molecule has 7 rings (SSSR count). The third kappa shape index (κ3) is 7.18. The minimum absolute atomic E-state index is 0. The fourth-order valence-corrected chi connectivity index (χ4v) is 7.48. The number of carbonyl (C=O) groups is 2. The number of nitriles is 1. The van der Waals surface area contributed by atoms with Crippen molar-refractivity contribution < 1.29 is 23.5 Å². The van der Waals surface area contributed by atoms with Gasteiger partial charge in [0, 0.05) is 89.3 Å². The van der Waals surface area contributed by atoms with Crippen LogP contribution in [0.3, 0.4) is 0 Å². The normalized spacial score (nSPS) is 16.8. The third-order valence-electron chi connectivity index (χ3n) is 10.3. The number of halogens is 2. The number of ether oxygens (including phenoxy) is 1. The second-order valence-corrected chi connectivity index (χ2v) is 13.8. The number of rotatable bonds is 7. The molecular formula is C41H42Cl2N6O4. The summed E-state index contributed by atoms with van der Waals surface area (Å²) in [4.78, 5) is 35.3. The molecule has 2 amide bonds. The van der Waals surface area contributed by atoms with Crippen LogP contribution in [0.4, 0.5) is 11.4 Å². The summed E-state index contributed by atoms with van der Waals surface area (Å²) in [7, 11) is 1.81. The maximum atomic E-state index is 14.9. The average Bonchev–Trinajstić information content (AvgIpc) is 3.66. The first-order valence-corrected chi connectivity index (χ1v) is 17.5. The molecule has 2 aliphatic heterocycles. The lowest BCUT2D eigenvalue weighted by molar-refractivity contribution is 0.0193. The van der Waals surface area contributed by atoms with Gasteiger partial charge in [0.2, 0.25) is 0 Å². The summed E-state index contributed by atoms with van der Waals surface area (Å²) in [5, 5.41) is 20.4. The molecule has 0 bridgehead atoms. The van der Waals surface area contributed by atoms with Gasteiger partial charge in [-0.2, -0.15) is 5.26 Å². The zero-order valence-electron chi connectivity index (χ0n) is 32.7. The number of hydrogen-bond acceptors (Lipinski definition) is 6. The molecule has 1 saturated heterocycles. The van der Waals surface area contributed by atoms with Crippen molar-refractivity contribution in [3.63, 3.8) is 0 Å². The minimum atomic E-state index is -2.68. The Morgan fingerprint density at radius 2 is 1.70 bits per heavy atom. The number of nitrogens with zero attached hydrogens (tertiary/aromatic N) is 6. The topological polar surface area (TPSA) is 107 Å². The smallest absolute Gasteiger partial charge is 0.264 e. The van der Waals surface area contributed by atoms with E-state index >= 15 is 0 Å². The van der Waals surface area contributed by atoms with Gasteiger partial charge in [0.05, 0.1) is 24.5 Å². The van der Waals surface area contributed by atoms with E-state index in [2.05, 4.69) is 17.0 Å². The molecule has 53 heavy (non-hydrogen) atoms. The van der Waals surface area contributed by atoms with Crippen molar-refractivity contribution in [3.8, 4) is 23.1 Å². The van der Waals surface area contributed by atoms with Crippen LogP contribution >= 0.6 is 24.0 Å². The van der Waals surface area contributed by atoms with Crippen molar-refractivity contribution in [2.24, 2.45) is 14.0 Å². The van der Waals surface area contributed by atoms with Crippen molar-refractivity contribution in [3.05, 3.63) is 123 Å². The molecule has 0 saturated carbocycles. The van der Waals surface area contributed by atoms with E-state index in [4.69, 9.17) is 20.5 Å². The zero-order valence-corrected chi connectivity index (χ0v) is 31.2. The van der Waals surface area contributed by atoms with E-state index < -0.39 is 12.9 Å². The number of benzene rings is 3. The van der Waals surface area contributed by atoms with Crippen molar-refractivity contribution in [1.29, 1.82) is 5.26 Å². The monoisotopic (exact) mass is 755 g/mol. The Morgan fingerprint density at radius 1 is 0.981 bits per heavy atom. The molecule has 12 heteroatoms. The van der Waals surface area contributed by atoms with Crippen molar-refractivity contribution >= 4 is 47.2 Å². The van der Waals surface area contributed by atoms with Gasteiger partial charge in [0.15, 0.2) is 0 Å². The van der Waals surface area contributed by atoms with Gasteiger partial charge in [0.25, 0.3) is 11.8 Å². The molecule has 3 aromatic carbocycles. The lowest BCUT2D eigenvalue weighted by Gasteiger charge is -2.40. The summed E-state index contributed by atoms with van der Waals surface area (Å²) in [6.45, 7) is 4.71. The van der Waals surface area contributed by atoms with Crippen LogP contribution in [0, 0.1) is 25.2 Å². The molecule has 0 aliphatic carbocycles. The molecule has 10 nitrogen and oxygen atoms in total. The van der Waals surface area contributed by atoms with Gasteiger partial charge in [-0.05, 0) is 86.0 Å². The van der Waals surface area contributed by atoms with E-state index in [1.165, 1.54) is 28.7 Å². The van der Waals surface area contributed by atoms with Crippen LogP contribution in [-0.2, 0) is 31.7 Å². The number of morpholine rings is 1. The fraction of sp³-hybridized carbons (Fsp3) is 0.293. The van der Waals surface area contributed by atoms with Crippen LogP contribution in [0.25, 0.3) is 11.3 Å². The van der Waals surface area contributed by atoms with Crippen LogP contribution in [0.15, 0.2) is 78.9 Å². The van der Waals surface area contributed by atoms with Gasteiger partial charge in [-0.3, -0.25) is 19.4 Å². The second kappa shape index (κ2) is 15.5. The summed E-state index contributed by atoms with van der Waals surface area (Å²) >= 11 is 6.63. The number of fused-ring (bicyclic) bond motifs is 1. The first kappa shape index (κ1) is 33.8. The molecule has 2 aromatic heterocycles. The molecule has 274 valence electrons. The van der Waals surface area contributed by atoms with Gasteiger partial charge < -0.3 is 23.9 Å². The van der Waals surface area contributed by atoms with Gasteiger partial charge in [0.1, 0.15) is 17.5 Å². The first-order chi connectivity index (χ1) is 26.3. The minimum Gasteiger partial charge on any atom is -0.508 e. The van der Waals surface area contributed by atoms with Crippen LogP contribution < -0.4 is 4.90 Å². The summed E-state index contributed by atoms with van der Waals surface area (Å²) < 4.78 is 32.6.